The Morgan fingerprint density at radius 3 is 2.38 bits per heavy atom. The molecule has 1 saturated carbocycles. The van der Waals surface area contributed by atoms with Gasteiger partial charge in [-0.15, -0.1) is 0 Å². The van der Waals surface area contributed by atoms with E-state index in [9.17, 15) is 4.79 Å². The monoisotopic (exact) mass is 237 g/mol. The number of hydrogen-bond acceptors (Lipinski definition) is 1. The summed E-state index contributed by atoms with van der Waals surface area (Å²) in [4.78, 5) is 12.1. The number of amides is 1. The third-order valence-corrected chi connectivity index (χ3v) is 3.61. The maximum absolute atomic E-state index is 12.1. The fourth-order valence-electron chi connectivity index (χ4n) is 2.20. The van der Waals surface area contributed by atoms with Crippen LogP contribution in [-0.2, 0) is 4.79 Å². The molecule has 1 aliphatic rings. The lowest BCUT2D eigenvalue weighted by molar-refractivity contribution is -0.124. The van der Waals surface area contributed by atoms with Crippen molar-refractivity contribution in [3.05, 3.63) is 29.3 Å². The van der Waals surface area contributed by atoms with Gasteiger partial charge in [-0.05, 0) is 37.1 Å². The fourth-order valence-corrected chi connectivity index (χ4v) is 2.32. The van der Waals surface area contributed by atoms with Crippen molar-refractivity contribution in [2.45, 2.75) is 32.6 Å². The molecule has 0 unspecified atom stereocenters. The quantitative estimate of drug-likeness (QED) is 0.832. The van der Waals surface area contributed by atoms with Gasteiger partial charge < -0.3 is 5.32 Å². The zero-order chi connectivity index (χ0) is 11.6. The van der Waals surface area contributed by atoms with Gasteiger partial charge in [0.15, 0.2) is 0 Å². The minimum absolute atomic E-state index is 0.132. The Morgan fingerprint density at radius 1 is 1.25 bits per heavy atom. The Bertz CT molecular complexity index is 379. The van der Waals surface area contributed by atoms with Gasteiger partial charge in [-0.3, -0.25) is 4.79 Å². The van der Waals surface area contributed by atoms with Crippen LogP contribution in [0.25, 0.3) is 0 Å². The molecule has 1 aromatic carbocycles. The van der Waals surface area contributed by atoms with Crippen LogP contribution >= 0.6 is 11.6 Å². The summed E-state index contributed by atoms with van der Waals surface area (Å²) in [5.74, 6) is 0.132. The zero-order valence-corrected chi connectivity index (χ0v) is 10.2. The highest BCUT2D eigenvalue weighted by Gasteiger charge is 2.36. The summed E-state index contributed by atoms with van der Waals surface area (Å²) in [5, 5.41) is 3.64. The Morgan fingerprint density at radius 2 is 1.81 bits per heavy atom. The van der Waals surface area contributed by atoms with Crippen LogP contribution in [-0.4, -0.2) is 5.91 Å². The highest BCUT2D eigenvalue weighted by atomic mass is 35.5. The highest BCUT2D eigenvalue weighted by molar-refractivity contribution is 6.30. The van der Waals surface area contributed by atoms with E-state index in [1.165, 1.54) is 0 Å². The van der Waals surface area contributed by atoms with E-state index in [0.29, 0.717) is 5.02 Å². The second-order valence-electron chi connectivity index (χ2n) is 4.73. The molecule has 86 valence electrons. The van der Waals surface area contributed by atoms with Crippen molar-refractivity contribution in [2.75, 3.05) is 5.32 Å². The van der Waals surface area contributed by atoms with E-state index in [2.05, 4.69) is 5.32 Å². The molecule has 1 amide bonds. The van der Waals surface area contributed by atoms with Crippen molar-refractivity contribution in [2.24, 2.45) is 5.41 Å². The summed E-state index contributed by atoms with van der Waals surface area (Å²) in [6.45, 7) is 2.05. The van der Waals surface area contributed by atoms with Crippen LogP contribution in [0.4, 0.5) is 5.69 Å². The molecule has 2 rings (SSSR count). The molecule has 3 heteroatoms. The maximum atomic E-state index is 12.1. The van der Waals surface area contributed by atoms with Crippen molar-refractivity contribution >= 4 is 23.2 Å². The summed E-state index contributed by atoms with van der Waals surface area (Å²) in [6.07, 6.45) is 4.30. The Balaban J connectivity index is 2.04. The van der Waals surface area contributed by atoms with Crippen LogP contribution in [0.2, 0.25) is 5.02 Å². The van der Waals surface area contributed by atoms with E-state index in [-0.39, 0.29) is 11.3 Å². The molecular formula is C13H16ClNO. The molecule has 1 fully saturated rings. The molecule has 1 aliphatic carbocycles. The van der Waals surface area contributed by atoms with Crippen molar-refractivity contribution in [3.8, 4) is 0 Å². The predicted octanol–water partition coefficient (Wildman–Crippen LogP) is 3.86. The lowest BCUT2D eigenvalue weighted by atomic mass is 9.88. The number of rotatable bonds is 2. The first kappa shape index (κ1) is 11.5. The van der Waals surface area contributed by atoms with E-state index < -0.39 is 0 Å². The highest BCUT2D eigenvalue weighted by Crippen LogP contribution is 2.38. The number of nitrogens with one attached hydrogen (secondary N) is 1. The minimum atomic E-state index is -0.181. The summed E-state index contributed by atoms with van der Waals surface area (Å²) in [5.41, 5.74) is 0.641. The number of carbonyl (C=O) groups is 1. The van der Waals surface area contributed by atoms with E-state index in [4.69, 9.17) is 11.6 Å². The van der Waals surface area contributed by atoms with Crippen molar-refractivity contribution < 1.29 is 4.79 Å². The van der Waals surface area contributed by atoms with Gasteiger partial charge in [0.1, 0.15) is 0 Å². The molecule has 2 nitrogen and oxygen atoms in total. The molecule has 0 bridgehead atoms. The van der Waals surface area contributed by atoms with Gasteiger partial charge in [0.25, 0.3) is 0 Å². The number of anilines is 1. The first-order valence-corrected chi connectivity index (χ1v) is 6.05. The van der Waals surface area contributed by atoms with Crippen LogP contribution in [0, 0.1) is 5.41 Å². The molecule has 0 atom stereocenters. The minimum Gasteiger partial charge on any atom is -0.326 e. The first-order chi connectivity index (χ1) is 7.60. The van der Waals surface area contributed by atoms with Gasteiger partial charge in [-0.25, -0.2) is 0 Å². The first-order valence-electron chi connectivity index (χ1n) is 5.67. The molecule has 0 aromatic heterocycles. The van der Waals surface area contributed by atoms with E-state index in [1.807, 2.05) is 19.1 Å². The Kier molecular flexibility index (Phi) is 3.20. The van der Waals surface area contributed by atoms with Gasteiger partial charge in [0.05, 0.1) is 0 Å². The largest absolute Gasteiger partial charge is 0.326 e. The van der Waals surface area contributed by atoms with E-state index in [1.54, 1.807) is 12.1 Å². The second kappa shape index (κ2) is 4.46. The second-order valence-corrected chi connectivity index (χ2v) is 5.17. The molecule has 0 aliphatic heterocycles. The lowest BCUT2D eigenvalue weighted by Gasteiger charge is -2.22. The number of carbonyl (C=O) groups excluding carboxylic acids is 1. The van der Waals surface area contributed by atoms with Crippen LogP contribution in [0.3, 0.4) is 0 Å². The number of hydrogen-bond donors (Lipinski definition) is 1. The molecule has 0 spiro atoms. The normalized spacial score (nSPS) is 18.4. The molecule has 0 heterocycles. The zero-order valence-electron chi connectivity index (χ0n) is 9.42. The van der Waals surface area contributed by atoms with Gasteiger partial charge in [-0.1, -0.05) is 31.4 Å². The van der Waals surface area contributed by atoms with Crippen molar-refractivity contribution in [1.82, 2.24) is 0 Å². The summed E-state index contributed by atoms with van der Waals surface area (Å²) in [6, 6.07) is 7.24. The molecule has 1 N–H and O–H groups in total. The van der Waals surface area contributed by atoms with Crippen molar-refractivity contribution in [3.63, 3.8) is 0 Å². The maximum Gasteiger partial charge on any atom is 0.230 e. The topological polar surface area (TPSA) is 29.1 Å². The summed E-state index contributed by atoms with van der Waals surface area (Å²) >= 11 is 5.79. The lowest BCUT2D eigenvalue weighted by Crippen LogP contribution is -2.30. The fraction of sp³-hybridized carbons (Fsp3) is 0.462. The smallest absolute Gasteiger partial charge is 0.230 e. The van der Waals surface area contributed by atoms with Crippen LogP contribution in [0.15, 0.2) is 24.3 Å². The molecule has 16 heavy (non-hydrogen) atoms. The van der Waals surface area contributed by atoms with Crippen molar-refractivity contribution in [1.29, 1.82) is 0 Å². The average Bonchev–Trinajstić information content (AvgIpc) is 2.70. The average molecular weight is 238 g/mol. The Hall–Kier alpha value is -1.02. The molecule has 0 saturated heterocycles. The standard InChI is InChI=1S/C13H16ClNO/c1-13(8-2-3-9-13)12(16)15-11-6-4-10(14)5-7-11/h4-7H,2-3,8-9H2,1H3,(H,15,16). The van der Waals surface area contributed by atoms with Crippen LogP contribution in [0.1, 0.15) is 32.6 Å². The van der Waals surface area contributed by atoms with Crippen LogP contribution in [0.5, 0.6) is 0 Å². The van der Waals surface area contributed by atoms with Gasteiger partial charge in [-0.2, -0.15) is 0 Å². The van der Waals surface area contributed by atoms with E-state index in [0.717, 1.165) is 31.4 Å². The van der Waals surface area contributed by atoms with Gasteiger partial charge in [0, 0.05) is 16.1 Å². The van der Waals surface area contributed by atoms with E-state index >= 15 is 0 Å². The van der Waals surface area contributed by atoms with Gasteiger partial charge >= 0.3 is 0 Å². The Labute approximate surface area is 101 Å². The molecule has 0 radical (unpaired) electrons. The number of halogens is 1. The van der Waals surface area contributed by atoms with Crippen LogP contribution < -0.4 is 5.32 Å². The summed E-state index contributed by atoms with van der Waals surface area (Å²) < 4.78 is 0. The SMILES string of the molecule is CC1(C(=O)Nc2ccc(Cl)cc2)CCCC1. The summed E-state index contributed by atoms with van der Waals surface area (Å²) in [7, 11) is 0. The number of benzene rings is 1. The predicted molar refractivity (Wildman–Crippen MR) is 66.7 cm³/mol. The third-order valence-electron chi connectivity index (χ3n) is 3.36. The molecular weight excluding hydrogens is 222 g/mol. The molecule has 1 aromatic rings. The third kappa shape index (κ3) is 2.38. The van der Waals surface area contributed by atoms with Gasteiger partial charge in [0.2, 0.25) is 5.91 Å².